The average Bonchev–Trinajstić information content (AvgIpc) is 3.16. The Hall–Kier alpha value is -4.89. The number of unbranched alkanes of at least 4 members (excludes halogenated alkanes) is 1. The molecule has 0 spiro atoms. The van der Waals surface area contributed by atoms with Crippen LogP contribution in [0.25, 0.3) is 0 Å². The molecule has 0 saturated carbocycles. The first-order valence-electron chi connectivity index (χ1n) is 20.4. The molecule has 0 fully saturated rings. The third-order valence-corrected chi connectivity index (χ3v) is 9.36. The fraction of sp³-hybridized carbons (Fsp3) is 0.763. The second kappa shape index (κ2) is 29.3. The summed E-state index contributed by atoms with van der Waals surface area (Å²) in [6.45, 7) is 10.6. The lowest BCUT2D eigenvalue weighted by Gasteiger charge is -2.29. The smallest absolute Gasteiger partial charge is 0.243 e. The number of hydrogen-bond acceptors (Lipinski definition) is 12. The van der Waals surface area contributed by atoms with Gasteiger partial charge in [0.2, 0.25) is 41.4 Å². The predicted octanol–water partition coefficient (Wildman–Crippen LogP) is -3.00. The van der Waals surface area contributed by atoms with Crippen LogP contribution < -0.4 is 60.6 Å². The molecule has 7 amide bonds. The molecular weight excluding hydrogens is 768 g/mol. The van der Waals surface area contributed by atoms with Crippen LogP contribution in [0.3, 0.4) is 0 Å². The fourth-order valence-electron chi connectivity index (χ4n) is 5.82. The van der Waals surface area contributed by atoms with Gasteiger partial charge in [0.15, 0.2) is 5.96 Å². The van der Waals surface area contributed by atoms with Gasteiger partial charge in [-0.3, -0.25) is 38.6 Å². The number of rotatable bonds is 31. The largest absolute Gasteiger partial charge is 0.394 e. The van der Waals surface area contributed by atoms with Crippen molar-refractivity contribution in [3.8, 4) is 0 Å². The van der Waals surface area contributed by atoms with Crippen LogP contribution in [0.1, 0.15) is 106 Å². The van der Waals surface area contributed by atoms with Gasteiger partial charge in [-0.25, -0.2) is 0 Å². The Kier molecular flexibility index (Phi) is 26.9. The minimum absolute atomic E-state index is 0.00913. The van der Waals surface area contributed by atoms with Gasteiger partial charge in [0.05, 0.1) is 12.6 Å². The number of nitrogens with zero attached hydrogens (tertiary/aromatic N) is 1. The zero-order valence-electron chi connectivity index (χ0n) is 35.6. The SMILES string of the molecule is CC[C@H](C)[C@H](NC(=O)[C@@H](N)CCC(N)=O)C(=O)N[C@@H](CCCCN)C(=O)N[C@@H](CCCN=C(N)N)C(=O)N[C@@H](CC(C)C)C(=O)N[C@@H](CC(C)C)C(=O)N[C@H](C=O)CO. The number of carbonyl (C=O) groups is 8. The number of aldehydes is 1. The van der Waals surface area contributed by atoms with Gasteiger partial charge < -0.3 is 70.5 Å². The van der Waals surface area contributed by atoms with Crippen molar-refractivity contribution in [3.63, 3.8) is 0 Å². The number of guanidine groups is 1. The van der Waals surface area contributed by atoms with Crippen molar-refractivity contribution in [2.45, 2.75) is 148 Å². The molecule has 0 aromatic carbocycles. The zero-order valence-corrected chi connectivity index (χ0v) is 35.6. The average molecular weight is 841 g/mol. The molecule has 21 heteroatoms. The van der Waals surface area contributed by atoms with Gasteiger partial charge in [0, 0.05) is 13.0 Å². The topological polar surface area (TPSA) is 371 Å². The van der Waals surface area contributed by atoms with Crippen LogP contribution in [0, 0.1) is 17.8 Å². The van der Waals surface area contributed by atoms with E-state index in [9.17, 15) is 43.5 Å². The molecular formula is C38H72N12O9. The van der Waals surface area contributed by atoms with Gasteiger partial charge in [0.1, 0.15) is 42.5 Å². The quantitative estimate of drug-likeness (QED) is 0.0144. The minimum atomic E-state index is -1.26. The molecule has 0 radical (unpaired) electrons. The Morgan fingerprint density at radius 3 is 1.56 bits per heavy atom. The van der Waals surface area contributed by atoms with Crippen LogP contribution in [0.4, 0.5) is 0 Å². The van der Waals surface area contributed by atoms with E-state index in [0.29, 0.717) is 32.1 Å². The molecule has 0 heterocycles. The lowest BCUT2D eigenvalue weighted by molar-refractivity contribution is -0.136. The fourth-order valence-corrected chi connectivity index (χ4v) is 5.82. The van der Waals surface area contributed by atoms with Crippen molar-refractivity contribution in [2.24, 2.45) is 51.4 Å². The van der Waals surface area contributed by atoms with Crippen LogP contribution in [0.15, 0.2) is 4.99 Å². The Morgan fingerprint density at radius 1 is 0.644 bits per heavy atom. The summed E-state index contributed by atoms with van der Waals surface area (Å²) in [6, 6.07) is -8.13. The van der Waals surface area contributed by atoms with Crippen LogP contribution in [-0.2, 0) is 38.4 Å². The summed E-state index contributed by atoms with van der Waals surface area (Å²) in [5, 5.41) is 25.2. The molecule has 0 aromatic rings. The summed E-state index contributed by atoms with van der Waals surface area (Å²) >= 11 is 0. The molecule has 17 N–H and O–H groups in total. The molecule has 8 atom stereocenters. The number of nitrogens with two attached hydrogens (primary N) is 5. The molecule has 0 saturated heterocycles. The maximum absolute atomic E-state index is 14.0. The van der Waals surface area contributed by atoms with Crippen molar-refractivity contribution < 1.29 is 43.5 Å². The molecule has 0 aromatic heterocycles. The van der Waals surface area contributed by atoms with Crippen LogP contribution in [0.5, 0.6) is 0 Å². The van der Waals surface area contributed by atoms with Gasteiger partial charge >= 0.3 is 0 Å². The van der Waals surface area contributed by atoms with E-state index in [0.717, 1.165) is 0 Å². The second-order valence-corrected chi connectivity index (χ2v) is 15.7. The van der Waals surface area contributed by atoms with Crippen molar-refractivity contribution in [1.29, 1.82) is 0 Å². The van der Waals surface area contributed by atoms with Crippen molar-refractivity contribution in [2.75, 3.05) is 19.7 Å². The number of hydrogen-bond donors (Lipinski definition) is 12. The summed E-state index contributed by atoms with van der Waals surface area (Å²) in [5.74, 6) is -5.61. The first kappa shape index (κ1) is 54.1. The summed E-state index contributed by atoms with van der Waals surface area (Å²) < 4.78 is 0. The number of aliphatic imine (C=N–C) groups is 1. The van der Waals surface area contributed by atoms with E-state index >= 15 is 0 Å². The second-order valence-electron chi connectivity index (χ2n) is 15.7. The molecule has 0 aliphatic carbocycles. The van der Waals surface area contributed by atoms with Gasteiger partial charge in [-0.1, -0.05) is 48.0 Å². The van der Waals surface area contributed by atoms with Gasteiger partial charge in [-0.15, -0.1) is 0 Å². The van der Waals surface area contributed by atoms with E-state index in [2.05, 4.69) is 36.9 Å². The van der Waals surface area contributed by atoms with Crippen molar-refractivity contribution >= 4 is 53.6 Å². The standard InChI is InChI=1S/C38H72N12O9/c1-7-23(6)31(50-32(54)25(40)13-14-30(41)53)37(59)47-26(11-8-9-15-39)33(55)46-27(12-10-16-44-38(42)43)34(56)48-29(18-22(4)5)36(58)49-28(17-21(2)3)35(57)45-24(19-51)20-52/h19,21-29,31,52H,7-18,20,39-40H2,1-6H3,(H2,41,53)(H,45,57)(H,46,55)(H,47,59)(H,48,56)(H,49,58)(H,50,54)(H4,42,43,44)/t23-,24+,25-,26-,27-,28-,29-,31-/m0/s1. The summed E-state index contributed by atoms with van der Waals surface area (Å²) in [4.78, 5) is 108. The van der Waals surface area contributed by atoms with Gasteiger partial charge in [-0.05, 0) is 75.7 Å². The van der Waals surface area contributed by atoms with E-state index in [1.807, 2.05) is 34.6 Å². The zero-order chi connectivity index (χ0) is 45.2. The van der Waals surface area contributed by atoms with Crippen molar-refractivity contribution in [3.05, 3.63) is 0 Å². The lowest BCUT2D eigenvalue weighted by atomic mass is 9.96. The van der Waals surface area contributed by atoms with E-state index in [1.165, 1.54) is 0 Å². The molecule has 0 rings (SSSR count). The highest BCUT2D eigenvalue weighted by Gasteiger charge is 2.34. The Labute approximate surface area is 347 Å². The molecule has 21 nitrogen and oxygen atoms in total. The number of nitrogens with one attached hydrogen (secondary N) is 6. The maximum atomic E-state index is 14.0. The molecule has 0 bridgehead atoms. The maximum Gasteiger partial charge on any atom is 0.243 e. The monoisotopic (exact) mass is 841 g/mol. The van der Waals surface area contributed by atoms with E-state index < -0.39 is 96.2 Å². The Morgan fingerprint density at radius 2 is 1.12 bits per heavy atom. The Bertz CT molecular complexity index is 1390. The molecule has 59 heavy (non-hydrogen) atoms. The number of carbonyl (C=O) groups excluding carboxylic acids is 8. The highest BCUT2D eigenvalue weighted by atomic mass is 16.3. The van der Waals surface area contributed by atoms with E-state index in [1.54, 1.807) is 6.92 Å². The summed E-state index contributed by atoms with van der Waals surface area (Å²) in [7, 11) is 0. The minimum Gasteiger partial charge on any atom is -0.394 e. The first-order valence-corrected chi connectivity index (χ1v) is 20.4. The van der Waals surface area contributed by atoms with Crippen molar-refractivity contribution in [1.82, 2.24) is 31.9 Å². The number of primary amides is 1. The highest BCUT2D eigenvalue weighted by Crippen LogP contribution is 2.13. The van der Waals surface area contributed by atoms with Gasteiger partial charge in [-0.2, -0.15) is 0 Å². The number of aliphatic hydroxyl groups is 1. The van der Waals surface area contributed by atoms with E-state index in [4.69, 9.17) is 28.7 Å². The third-order valence-electron chi connectivity index (χ3n) is 9.36. The summed E-state index contributed by atoms with van der Waals surface area (Å²) in [5.41, 5.74) is 27.8. The lowest BCUT2D eigenvalue weighted by Crippen LogP contribution is -2.60. The molecule has 0 aliphatic rings. The highest BCUT2D eigenvalue weighted by molar-refractivity contribution is 5.97. The molecule has 338 valence electrons. The number of aliphatic hydroxyl groups excluding tert-OH is 1. The normalized spacial score (nSPS) is 15.2. The van der Waals surface area contributed by atoms with Crippen LogP contribution >= 0.6 is 0 Å². The first-order chi connectivity index (χ1) is 27.7. The third kappa shape index (κ3) is 22.7. The number of amides is 7. The van der Waals surface area contributed by atoms with Gasteiger partial charge in [0.25, 0.3) is 0 Å². The summed E-state index contributed by atoms with van der Waals surface area (Å²) in [6.07, 6.45) is 2.28. The van der Waals surface area contributed by atoms with E-state index in [-0.39, 0.29) is 69.3 Å². The molecule has 0 aliphatic heterocycles. The predicted molar refractivity (Wildman–Crippen MR) is 222 cm³/mol. The van der Waals surface area contributed by atoms with Crippen LogP contribution in [0.2, 0.25) is 0 Å². The Balaban J connectivity index is 6.55. The van der Waals surface area contributed by atoms with Crippen LogP contribution in [-0.4, -0.2) is 121 Å². The molecule has 0 unspecified atom stereocenters.